The first-order valence-corrected chi connectivity index (χ1v) is 23.0. The van der Waals surface area contributed by atoms with Crippen LogP contribution >= 0.6 is 35.3 Å². The smallest absolute Gasteiger partial charge is 0.346 e. The van der Waals surface area contributed by atoms with Crippen LogP contribution in [0, 0.1) is 23.5 Å². The molecule has 0 aliphatic heterocycles. The number of benzene rings is 2. The number of thioether (sulfide) groups is 1. The number of hydrogen-bond donors (Lipinski definition) is 1. The van der Waals surface area contributed by atoms with Crippen molar-refractivity contribution in [2.24, 2.45) is 0 Å². The number of aromatic nitrogens is 6. The molecular formula is C45H37ClF10N8O2S2. The van der Waals surface area contributed by atoms with Crippen molar-refractivity contribution in [3.63, 3.8) is 0 Å². The molecule has 2 amide bonds. The van der Waals surface area contributed by atoms with Crippen LogP contribution in [0.15, 0.2) is 66.9 Å². The van der Waals surface area contributed by atoms with Crippen molar-refractivity contribution in [1.29, 1.82) is 0 Å². The first-order valence-electron chi connectivity index (χ1n) is 20.3. The standard InChI is InChI=1S/C45H37ClF10N8O2S2/c1-23-20-43(49,50)39-34(23)38(45(54,55)56)60-62(39)21-33(65)59-32(18-24-16-25(47)19-26(48)17-24)36-28(10-9-27(58-36)13-14-42(2,3)67-4)29-11-12-30(46)35-37(29)63(22-44(51,52)53)61-40(35)64(68-5)41(66)31-8-6-7-15-57-31/h6-12,15-17,19,23,32H,18,20-22H2,1-5H3,(H,59,65)/t23-,32?/m0/s1. The number of nitrogens with zero attached hydrogens (tertiary/aromatic N) is 7. The van der Waals surface area contributed by atoms with Crippen molar-refractivity contribution in [3.05, 3.63) is 123 Å². The molecule has 1 aliphatic carbocycles. The van der Waals surface area contributed by atoms with Gasteiger partial charge in [-0.3, -0.25) is 23.9 Å². The van der Waals surface area contributed by atoms with Crippen molar-refractivity contribution in [3.8, 4) is 23.0 Å². The fraction of sp³-hybridized carbons (Fsp3) is 0.333. The Morgan fingerprint density at radius 1 is 0.971 bits per heavy atom. The maximum atomic E-state index is 15.4. The highest BCUT2D eigenvalue weighted by molar-refractivity contribution is 8.00. The van der Waals surface area contributed by atoms with E-state index in [9.17, 15) is 44.7 Å². The predicted octanol–water partition coefficient (Wildman–Crippen LogP) is 11.3. The molecule has 0 saturated carbocycles. The van der Waals surface area contributed by atoms with E-state index in [4.69, 9.17) is 16.6 Å². The zero-order valence-electron chi connectivity index (χ0n) is 36.3. The molecule has 2 atom stereocenters. The first kappa shape index (κ1) is 50.1. The van der Waals surface area contributed by atoms with Crippen LogP contribution < -0.4 is 9.62 Å². The van der Waals surface area contributed by atoms with Gasteiger partial charge in [0.1, 0.15) is 41.8 Å². The van der Waals surface area contributed by atoms with E-state index in [0.717, 1.165) is 28.4 Å². The van der Waals surface area contributed by atoms with Crippen LogP contribution in [-0.4, -0.2) is 64.8 Å². The van der Waals surface area contributed by atoms with Gasteiger partial charge in [-0.2, -0.15) is 45.3 Å². The summed E-state index contributed by atoms with van der Waals surface area (Å²) in [5.74, 6) is -3.49. The summed E-state index contributed by atoms with van der Waals surface area (Å²) in [5.41, 5.74) is -4.21. The van der Waals surface area contributed by atoms with Crippen molar-refractivity contribution < 1.29 is 53.5 Å². The highest BCUT2D eigenvalue weighted by atomic mass is 35.5. The van der Waals surface area contributed by atoms with E-state index in [-0.39, 0.29) is 60.2 Å². The molecule has 0 fully saturated rings. The number of alkyl halides is 8. The molecule has 1 unspecified atom stereocenters. The van der Waals surface area contributed by atoms with Crippen molar-refractivity contribution in [1.82, 2.24) is 34.8 Å². The summed E-state index contributed by atoms with van der Waals surface area (Å²) in [5, 5.41) is 9.96. The molecule has 0 radical (unpaired) electrons. The molecular weight excluding hydrogens is 974 g/mol. The summed E-state index contributed by atoms with van der Waals surface area (Å²) in [6.45, 7) is 1.87. The van der Waals surface area contributed by atoms with Crippen molar-refractivity contribution in [2.75, 3.05) is 16.8 Å². The van der Waals surface area contributed by atoms with Gasteiger partial charge >= 0.3 is 12.4 Å². The Balaban J connectivity index is 1.46. The van der Waals surface area contributed by atoms with Gasteiger partial charge < -0.3 is 5.32 Å². The zero-order chi connectivity index (χ0) is 49.7. The van der Waals surface area contributed by atoms with Gasteiger partial charge in [0.25, 0.3) is 11.8 Å². The second kappa shape index (κ2) is 19.0. The number of carbonyl (C=O) groups is 2. The maximum absolute atomic E-state index is 15.4. The van der Waals surface area contributed by atoms with E-state index >= 15 is 8.78 Å². The Morgan fingerprint density at radius 3 is 2.28 bits per heavy atom. The van der Waals surface area contributed by atoms with Crippen LogP contribution in [0.3, 0.4) is 0 Å². The number of nitrogens with one attached hydrogen (secondary N) is 1. The van der Waals surface area contributed by atoms with Crippen LogP contribution in [0.1, 0.15) is 83.5 Å². The minimum absolute atomic E-state index is 0.0353. The van der Waals surface area contributed by atoms with Crippen molar-refractivity contribution >= 4 is 63.8 Å². The molecule has 6 aromatic rings. The Labute approximate surface area is 395 Å². The van der Waals surface area contributed by atoms with Gasteiger partial charge in [0, 0.05) is 41.6 Å². The molecule has 4 heterocycles. The highest BCUT2D eigenvalue weighted by Crippen LogP contribution is 2.52. The molecule has 10 nitrogen and oxygen atoms in total. The minimum atomic E-state index is -5.17. The lowest BCUT2D eigenvalue weighted by molar-refractivity contribution is -0.143. The van der Waals surface area contributed by atoms with E-state index in [1.165, 1.54) is 67.5 Å². The average Bonchev–Trinajstić information content (AvgIpc) is 3.90. The summed E-state index contributed by atoms with van der Waals surface area (Å²) >= 11 is 8.96. The van der Waals surface area contributed by atoms with Gasteiger partial charge in [0.2, 0.25) is 5.91 Å². The van der Waals surface area contributed by atoms with Crippen LogP contribution in [-0.2, 0) is 36.4 Å². The molecule has 23 heteroatoms. The monoisotopic (exact) mass is 1010 g/mol. The number of rotatable bonds is 12. The third kappa shape index (κ3) is 10.6. The molecule has 1 N–H and O–H groups in total. The molecule has 68 heavy (non-hydrogen) atoms. The van der Waals surface area contributed by atoms with E-state index in [1.54, 1.807) is 12.3 Å². The molecule has 4 aromatic heterocycles. The molecule has 0 spiro atoms. The predicted molar refractivity (Wildman–Crippen MR) is 238 cm³/mol. The summed E-state index contributed by atoms with van der Waals surface area (Å²) in [4.78, 5) is 36.8. The average molecular weight is 1010 g/mol. The first-order chi connectivity index (χ1) is 31.8. The van der Waals surface area contributed by atoms with Gasteiger partial charge in [-0.1, -0.05) is 36.6 Å². The lowest BCUT2D eigenvalue weighted by atomic mass is 9.93. The number of pyridine rings is 2. The summed E-state index contributed by atoms with van der Waals surface area (Å²) in [7, 11) is 0. The third-order valence-electron chi connectivity index (χ3n) is 10.8. The fourth-order valence-corrected chi connectivity index (χ4v) is 8.81. The Bertz CT molecular complexity index is 2960. The summed E-state index contributed by atoms with van der Waals surface area (Å²) in [6.07, 6.45) is -6.99. The molecule has 1 aliphatic rings. The zero-order valence-corrected chi connectivity index (χ0v) is 38.6. The number of anilines is 1. The topological polar surface area (TPSA) is 111 Å². The van der Waals surface area contributed by atoms with Gasteiger partial charge in [0.05, 0.1) is 32.4 Å². The summed E-state index contributed by atoms with van der Waals surface area (Å²) in [6, 6.07) is 10.8. The summed E-state index contributed by atoms with van der Waals surface area (Å²) < 4.78 is 148. The number of fused-ring (bicyclic) bond motifs is 2. The van der Waals surface area contributed by atoms with Gasteiger partial charge in [-0.15, -0.1) is 11.8 Å². The maximum Gasteiger partial charge on any atom is 0.435 e. The Kier molecular flexibility index (Phi) is 14.0. The van der Waals surface area contributed by atoms with E-state index < -0.39 is 101 Å². The van der Waals surface area contributed by atoms with Gasteiger partial charge in [-0.05, 0) is 98.3 Å². The normalized spacial score (nSPS) is 15.2. The number of carbonyl (C=O) groups excluding carboxylic acids is 2. The lowest BCUT2D eigenvalue weighted by Crippen LogP contribution is -2.35. The van der Waals surface area contributed by atoms with Crippen molar-refractivity contribution in [2.45, 2.75) is 81.7 Å². The molecule has 358 valence electrons. The third-order valence-corrected chi connectivity index (χ3v) is 12.9. The second-order valence-electron chi connectivity index (χ2n) is 16.2. The van der Waals surface area contributed by atoms with E-state index in [1.807, 2.05) is 13.8 Å². The second-order valence-corrected chi connectivity index (χ2v) is 18.7. The van der Waals surface area contributed by atoms with Gasteiger partial charge in [0.15, 0.2) is 11.5 Å². The van der Waals surface area contributed by atoms with Crippen LogP contribution in [0.4, 0.5) is 49.7 Å². The highest BCUT2D eigenvalue weighted by Gasteiger charge is 2.53. The van der Waals surface area contributed by atoms with E-state index in [2.05, 4.69) is 32.3 Å². The Morgan fingerprint density at radius 2 is 1.66 bits per heavy atom. The number of halogens is 11. The SMILES string of the molecule is CSN(C(=O)c1ccccn1)c1nn(CC(F)(F)F)c2c(-c3ccc(C#CC(C)(C)SC)nc3C(Cc3cc(F)cc(F)c3)NC(=O)Cn3nc(C(F)(F)F)c4c3C(F)(F)C[C@@H]4C)ccc(Cl)c12. The number of hydrogen-bond acceptors (Lipinski definition) is 8. The van der Waals surface area contributed by atoms with Crippen LogP contribution in [0.5, 0.6) is 0 Å². The number of amides is 2. The molecule has 7 rings (SSSR count). The van der Waals surface area contributed by atoms with Gasteiger partial charge in [-0.25, -0.2) is 18.1 Å². The van der Waals surface area contributed by atoms with Crippen LogP contribution in [0.2, 0.25) is 5.02 Å². The quantitative estimate of drug-likeness (QED) is 0.0733. The molecule has 0 saturated heterocycles. The lowest BCUT2D eigenvalue weighted by Gasteiger charge is -2.23. The van der Waals surface area contributed by atoms with Crippen LogP contribution in [0.25, 0.3) is 22.0 Å². The largest absolute Gasteiger partial charge is 0.435 e. The minimum Gasteiger partial charge on any atom is -0.346 e. The molecule has 0 bridgehead atoms. The van der Waals surface area contributed by atoms with E-state index in [0.29, 0.717) is 10.7 Å². The molecule has 2 aromatic carbocycles. The fourth-order valence-electron chi connectivity index (χ4n) is 7.86. The Hall–Kier alpha value is -5.79.